The van der Waals surface area contributed by atoms with Crippen molar-refractivity contribution in [1.82, 2.24) is 0 Å². The van der Waals surface area contributed by atoms with Gasteiger partial charge in [-0.05, 0) is 109 Å². The highest BCUT2D eigenvalue weighted by Crippen LogP contribution is 2.46. The Balaban J connectivity index is 1.62. The molecule has 1 N–H and O–H groups in total. The van der Waals surface area contributed by atoms with E-state index < -0.39 is 8.60 Å². The number of hydrogen-bond donors (Lipinski definition) is 1. The summed E-state index contributed by atoms with van der Waals surface area (Å²) in [5, 5.41) is 10.6. The van der Waals surface area contributed by atoms with Crippen molar-refractivity contribution in [3.63, 3.8) is 0 Å². The third-order valence-electron chi connectivity index (χ3n) is 11.7. The molecule has 58 heavy (non-hydrogen) atoms. The second kappa shape index (κ2) is 26.6. The van der Waals surface area contributed by atoms with E-state index in [9.17, 15) is 5.11 Å². The molecule has 4 nitrogen and oxygen atoms in total. The highest BCUT2D eigenvalue weighted by molar-refractivity contribution is 7.43. The van der Waals surface area contributed by atoms with Crippen LogP contribution in [0.2, 0.25) is 0 Å². The second-order valence-corrected chi connectivity index (χ2v) is 17.9. The lowest BCUT2D eigenvalue weighted by Crippen LogP contribution is -2.19. The number of unbranched alkanes of at least 4 members (excludes halogenated alkanes) is 14. The Hall–Kier alpha value is -3.49. The van der Waals surface area contributed by atoms with Gasteiger partial charge in [-0.2, -0.15) is 0 Å². The minimum atomic E-state index is -1.83. The molecule has 0 aromatic heterocycles. The molecule has 0 radical (unpaired) electrons. The molecule has 5 heteroatoms. The molecule has 0 amide bonds. The molecule has 0 atom stereocenters. The lowest BCUT2D eigenvalue weighted by molar-refractivity contribution is 0.382. The zero-order chi connectivity index (χ0) is 41.4. The van der Waals surface area contributed by atoms with Gasteiger partial charge in [0.05, 0.1) is 0 Å². The van der Waals surface area contributed by atoms with E-state index in [-0.39, 0.29) is 5.41 Å². The van der Waals surface area contributed by atoms with Crippen molar-refractivity contribution in [2.24, 2.45) is 0 Å². The van der Waals surface area contributed by atoms with Crippen LogP contribution in [0.25, 0.3) is 0 Å². The predicted molar refractivity (Wildman–Crippen MR) is 249 cm³/mol. The van der Waals surface area contributed by atoms with Gasteiger partial charge < -0.3 is 18.7 Å². The van der Waals surface area contributed by atoms with Crippen molar-refractivity contribution in [1.29, 1.82) is 0 Å². The summed E-state index contributed by atoms with van der Waals surface area (Å²) in [6.07, 6.45) is 25.9. The molecule has 0 unspecified atom stereocenters. The van der Waals surface area contributed by atoms with Gasteiger partial charge >= 0.3 is 8.60 Å². The van der Waals surface area contributed by atoms with Crippen LogP contribution < -0.4 is 13.6 Å². The summed E-state index contributed by atoms with van der Waals surface area (Å²) in [4.78, 5) is 0. The average molecular weight is 809 g/mol. The number of aryl methyl sites for hydroxylation is 4. The Morgan fingerprint density at radius 1 is 0.414 bits per heavy atom. The van der Waals surface area contributed by atoms with Crippen LogP contribution in [0.15, 0.2) is 84.9 Å². The summed E-state index contributed by atoms with van der Waals surface area (Å²) < 4.78 is 20.7. The van der Waals surface area contributed by atoms with Gasteiger partial charge in [0.2, 0.25) is 0 Å². The first-order valence-electron chi connectivity index (χ1n) is 23.3. The molecule has 0 saturated carbocycles. The lowest BCUT2D eigenvalue weighted by atomic mass is 9.76. The lowest BCUT2D eigenvalue weighted by Gasteiger charge is -2.28. The molecule has 0 bridgehead atoms. The summed E-state index contributed by atoms with van der Waals surface area (Å²) in [7, 11) is -1.83. The van der Waals surface area contributed by atoms with Crippen molar-refractivity contribution in [2.45, 2.75) is 188 Å². The molecule has 0 aliphatic rings. The molecule has 4 aromatic carbocycles. The Morgan fingerprint density at radius 3 is 1.29 bits per heavy atom. The van der Waals surface area contributed by atoms with Crippen LogP contribution >= 0.6 is 8.60 Å². The van der Waals surface area contributed by atoms with Crippen LogP contribution in [0.5, 0.6) is 23.0 Å². The summed E-state index contributed by atoms with van der Waals surface area (Å²) in [5.74, 6) is 2.91. The summed E-state index contributed by atoms with van der Waals surface area (Å²) in [5.41, 5.74) is 6.78. The van der Waals surface area contributed by atoms with E-state index in [0.29, 0.717) is 5.75 Å². The topological polar surface area (TPSA) is 47.9 Å². The summed E-state index contributed by atoms with van der Waals surface area (Å²) in [6.45, 7) is 13.6. The maximum Gasteiger partial charge on any atom is 0.530 e. The number of hydrogen-bond acceptors (Lipinski definition) is 4. The maximum atomic E-state index is 10.6. The van der Waals surface area contributed by atoms with Gasteiger partial charge in [-0.3, -0.25) is 0 Å². The molecule has 0 aliphatic carbocycles. The van der Waals surface area contributed by atoms with Crippen molar-refractivity contribution in [3.05, 3.63) is 118 Å². The average Bonchev–Trinajstić information content (AvgIpc) is 3.23. The molecule has 0 aliphatic heterocycles. The van der Waals surface area contributed by atoms with Crippen molar-refractivity contribution in [3.8, 4) is 23.0 Å². The highest BCUT2D eigenvalue weighted by Gasteiger charge is 2.28. The van der Waals surface area contributed by atoms with Gasteiger partial charge in [0.25, 0.3) is 0 Å². The number of rotatable bonds is 30. The van der Waals surface area contributed by atoms with E-state index >= 15 is 0 Å². The van der Waals surface area contributed by atoms with Gasteiger partial charge in [-0.1, -0.05) is 192 Å². The SMILES string of the molecule is CCCCCCCCCc1ccccc1OP(Oc1ccc(C(C)(C)c2ccc(O)c(CCCC)c2)cc1CCCC)Oc1ccccc1CCCCCCCCC. The van der Waals surface area contributed by atoms with Crippen molar-refractivity contribution in [2.75, 3.05) is 0 Å². The number of benzene rings is 4. The zero-order valence-electron chi connectivity index (χ0n) is 37.3. The number of aromatic hydroxyl groups is 1. The number of phenols is 1. The molecule has 318 valence electrons. The van der Waals surface area contributed by atoms with Crippen LogP contribution in [0.3, 0.4) is 0 Å². The van der Waals surface area contributed by atoms with E-state index in [1.54, 1.807) is 0 Å². The fourth-order valence-corrected chi connectivity index (χ4v) is 8.90. The first-order chi connectivity index (χ1) is 28.3. The molecular formula is C53H77O4P. The summed E-state index contributed by atoms with van der Waals surface area (Å²) >= 11 is 0. The Morgan fingerprint density at radius 2 is 0.793 bits per heavy atom. The maximum absolute atomic E-state index is 10.6. The Kier molecular flexibility index (Phi) is 21.6. The summed E-state index contributed by atoms with van der Waals surface area (Å²) in [6, 6.07) is 29.8. The fourth-order valence-electron chi connectivity index (χ4n) is 7.77. The number of para-hydroxylation sites is 2. The van der Waals surface area contributed by atoms with Crippen LogP contribution in [-0.2, 0) is 31.1 Å². The van der Waals surface area contributed by atoms with Gasteiger partial charge in [0.1, 0.15) is 23.0 Å². The largest absolute Gasteiger partial charge is 0.530 e. The van der Waals surface area contributed by atoms with E-state index in [4.69, 9.17) is 13.6 Å². The molecule has 4 rings (SSSR count). The first-order valence-corrected chi connectivity index (χ1v) is 24.4. The van der Waals surface area contributed by atoms with E-state index in [1.165, 1.54) is 105 Å². The van der Waals surface area contributed by atoms with Crippen LogP contribution in [0.4, 0.5) is 0 Å². The molecular weight excluding hydrogens is 732 g/mol. The Bertz CT molecular complexity index is 1670. The minimum Gasteiger partial charge on any atom is -0.508 e. The van der Waals surface area contributed by atoms with Gasteiger partial charge in [-0.15, -0.1) is 0 Å². The third kappa shape index (κ3) is 15.6. The van der Waals surface area contributed by atoms with Gasteiger partial charge in [-0.25, -0.2) is 0 Å². The van der Waals surface area contributed by atoms with Gasteiger partial charge in [0, 0.05) is 5.41 Å². The van der Waals surface area contributed by atoms with Crippen molar-refractivity contribution >= 4 is 8.60 Å². The first kappa shape index (κ1) is 47.2. The second-order valence-electron chi connectivity index (χ2n) is 17.0. The van der Waals surface area contributed by atoms with Crippen molar-refractivity contribution < 1.29 is 18.7 Å². The zero-order valence-corrected chi connectivity index (χ0v) is 38.2. The van der Waals surface area contributed by atoms with Gasteiger partial charge in [0.15, 0.2) is 0 Å². The quantitative estimate of drug-likeness (QED) is 0.0421. The fraction of sp³-hybridized carbons (Fsp3) is 0.547. The molecule has 0 fully saturated rings. The minimum absolute atomic E-state index is 0.268. The van der Waals surface area contributed by atoms with Crippen LogP contribution in [0.1, 0.15) is 190 Å². The molecule has 4 aromatic rings. The van der Waals surface area contributed by atoms with E-state index in [1.807, 2.05) is 6.07 Å². The van der Waals surface area contributed by atoms with Crippen LogP contribution in [0, 0.1) is 0 Å². The molecule has 0 spiro atoms. The smallest absolute Gasteiger partial charge is 0.508 e. The highest BCUT2D eigenvalue weighted by atomic mass is 31.2. The Labute approximate surface area is 355 Å². The normalized spacial score (nSPS) is 11.6. The monoisotopic (exact) mass is 809 g/mol. The van der Waals surface area contributed by atoms with E-state index in [2.05, 4.69) is 120 Å². The van der Waals surface area contributed by atoms with Crippen LogP contribution in [-0.4, -0.2) is 5.11 Å². The molecule has 0 saturated heterocycles. The number of phenolic OH excluding ortho intramolecular Hbond substituents is 1. The van der Waals surface area contributed by atoms with E-state index in [0.717, 1.165) is 87.0 Å². The predicted octanol–water partition coefficient (Wildman–Crippen LogP) is 16.8. The third-order valence-corrected chi connectivity index (χ3v) is 12.8. The molecule has 0 heterocycles. The standard InChI is InChI=1S/C53H77O4P/c1-7-11-15-17-19-21-23-31-43-33-25-27-35-50(43)55-58(56-51-36-28-26-34-44(51)32-24-22-20-18-16-12-8-2)57-52-40-38-48(42-46(52)30-14-10-4)53(5,6)47-37-39-49(54)45(41-47)29-13-9-3/h25-28,33-42,54H,7-24,29-32H2,1-6H3.